The number of hydrogen-bond acceptors (Lipinski definition) is 6. The number of aromatic nitrogens is 4. The van der Waals surface area contributed by atoms with Crippen molar-refractivity contribution in [2.24, 2.45) is 7.05 Å². The molecule has 1 fully saturated rings. The van der Waals surface area contributed by atoms with E-state index in [2.05, 4.69) is 20.5 Å². The van der Waals surface area contributed by atoms with Crippen LogP contribution in [0.15, 0.2) is 42.9 Å². The fourth-order valence-electron chi connectivity index (χ4n) is 3.61. The second kappa shape index (κ2) is 8.18. The van der Waals surface area contributed by atoms with Gasteiger partial charge in [-0.2, -0.15) is 13.2 Å². The van der Waals surface area contributed by atoms with Crippen molar-refractivity contribution >= 4 is 5.69 Å². The summed E-state index contributed by atoms with van der Waals surface area (Å²) in [5.74, 6) is 0.910. The highest BCUT2D eigenvalue weighted by Gasteiger charge is 2.41. The molecule has 0 aliphatic carbocycles. The lowest BCUT2D eigenvalue weighted by Gasteiger charge is -2.41. The number of nitrogens with zero attached hydrogens (tertiary/aromatic N) is 4. The Morgan fingerprint density at radius 1 is 1.26 bits per heavy atom. The van der Waals surface area contributed by atoms with Gasteiger partial charge in [0, 0.05) is 24.6 Å². The van der Waals surface area contributed by atoms with E-state index < -0.39 is 11.7 Å². The minimum absolute atomic E-state index is 0.0637. The van der Waals surface area contributed by atoms with Crippen molar-refractivity contribution < 1.29 is 22.6 Å². The highest BCUT2D eigenvalue weighted by Crippen LogP contribution is 2.37. The van der Waals surface area contributed by atoms with Gasteiger partial charge in [0.1, 0.15) is 17.9 Å². The third kappa shape index (κ3) is 4.34. The summed E-state index contributed by atoms with van der Waals surface area (Å²) in [6.07, 6.45) is -0.931. The molecule has 3 heterocycles. The number of hydrogen-bond donors (Lipinski definition) is 1. The van der Waals surface area contributed by atoms with Gasteiger partial charge in [-0.3, -0.25) is 4.98 Å². The zero-order valence-corrected chi connectivity index (χ0v) is 17.1. The van der Waals surface area contributed by atoms with Crippen LogP contribution in [-0.2, 0) is 36.3 Å². The molecule has 0 spiro atoms. The van der Waals surface area contributed by atoms with Gasteiger partial charge in [0.15, 0.2) is 0 Å². The van der Waals surface area contributed by atoms with Gasteiger partial charge in [0.2, 0.25) is 0 Å². The van der Waals surface area contributed by atoms with Gasteiger partial charge in [-0.1, -0.05) is 12.1 Å². The first-order valence-corrected chi connectivity index (χ1v) is 9.66. The second-order valence-electron chi connectivity index (χ2n) is 7.61. The summed E-state index contributed by atoms with van der Waals surface area (Å²) in [6.45, 7) is 1.01. The van der Waals surface area contributed by atoms with E-state index in [1.807, 2.05) is 35.9 Å². The Balaban J connectivity index is 1.54. The Morgan fingerprint density at radius 2 is 2.06 bits per heavy atom. The Bertz CT molecular complexity index is 1060. The molecule has 10 heteroatoms. The molecular formula is C21H22F3N5O2. The molecule has 1 aromatic carbocycles. The van der Waals surface area contributed by atoms with Gasteiger partial charge < -0.3 is 19.4 Å². The van der Waals surface area contributed by atoms with Crippen molar-refractivity contribution in [3.8, 4) is 5.75 Å². The van der Waals surface area contributed by atoms with E-state index in [4.69, 9.17) is 9.47 Å². The smallest absolute Gasteiger partial charge is 0.418 e. The molecule has 1 saturated heterocycles. The summed E-state index contributed by atoms with van der Waals surface area (Å²) < 4.78 is 52.5. The Labute approximate surface area is 177 Å². The number of ether oxygens (including phenoxy) is 2. The van der Waals surface area contributed by atoms with E-state index in [1.54, 1.807) is 6.33 Å². The standard InChI is InChI=1S/C21H22F3N5O2/c1-29-13-27-28-19(29)8-20(11-31-12-20)14-4-3-5-15(6-14)25-10-18-17(21(22,23)24)7-16(30-2)9-26-18/h3-7,9,13,25H,8,10-12H2,1-2H3. The van der Waals surface area contributed by atoms with Gasteiger partial charge in [-0.05, 0) is 23.8 Å². The summed E-state index contributed by atoms with van der Waals surface area (Å²) in [5, 5.41) is 11.2. The monoisotopic (exact) mass is 433 g/mol. The van der Waals surface area contributed by atoms with Gasteiger partial charge in [0.25, 0.3) is 0 Å². The van der Waals surface area contributed by atoms with E-state index in [0.29, 0.717) is 25.3 Å². The van der Waals surface area contributed by atoms with Crippen molar-refractivity contribution in [3.05, 3.63) is 65.5 Å². The Morgan fingerprint density at radius 3 is 2.68 bits per heavy atom. The summed E-state index contributed by atoms with van der Waals surface area (Å²) >= 11 is 0. The van der Waals surface area contributed by atoms with Crippen molar-refractivity contribution in [3.63, 3.8) is 0 Å². The zero-order chi connectivity index (χ0) is 22.1. The molecule has 1 aliphatic heterocycles. The van der Waals surface area contributed by atoms with Crippen molar-refractivity contribution in [1.82, 2.24) is 19.7 Å². The van der Waals surface area contributed by atoms with Crippen LogP contribution in [0, 0.1) is 0 Å². The van der Waals surface area contributed by atoms with E-state index in [0.717, 1.165) is 17.5 Å². The minimum Gasteiger partial charge on any atom is -0.495 e. The average molecular weight is 433 g/mol. The van der Waals surface area contributed by atoms with Crippen molar-refractivity contribution in [2.45, 2.75) is 24.6 Å². The Kier molecular flexibility index (Phi) is 5.57. The molecule has 7 nitrogen and oxygen atoms in total. The number of nitrogens with one attached hydrogen (secondary N) is 1. The van der Waals surface area contributed by atoms with Gasteiger partial charge >= 0.3 is 6.18 Å². The number of aryl methyl sites for hydroxylation is 1. The van der Waals surface area contributed by atoms with Crippen LogP contribution in [-0.4, -0.2) is 40.1 Å². The minimum atomic E-state index is -4.52. The first-order chi connectivity index (χ1) is 14.8. The maximum Gasteiger partial charge on any atom is 0.418 e. The van der Waals surface area contributed by atoms with E-state index in [-0.39, 0.29) is 23.4 Å². The quantitative estimate of drug-likeness (QED) is 0.616. The van der Waals surface area contributed by atoms with Crippen LogP contribution in [0.5, 0.6) is 5.75 Å². The number of halogens is 3. The van der Waals surface area contributed by atoms with Gasteiger partial charge in [-0.25, -0.2) is 0 Å². The van der Waals surface area contributed by atoms with Crippen LogP contribution >= 0.6 is 0 Å². The molecular weight excluding hydrogens is 411 g/mol. The molecule has 1 aliphatic rings. The van der Waals surface area contributed by atoms with Crippen LogP contribution in [0.2, 0.25) is 0 Å². The first-order valence-electron chi connectivity index (χ1n) is 9.66. The second-order valence-corrected chi connectivity index (χ2v) is 7.61. The fourth-order valence-corrected chi connectivity index (χ4v) is 3.61. The fraction of sp³-hybridized carbons (Fsp3) is 0.381. The molecule has 0 radical (unpaired) electrons. The summed E-state index contributed by atoms with van der Waals surface area (Å²) in [7, 11) is 3.20. The predicted molar refractivity (Wildman–Crippen MR) is 107 cm³/mol. The van der Waals surface area contributed by atoms with Crippen LogP contribution in [0.25, 0.3) is 0 Å². The number of pyridine rings is 1. The zero-order valence-electron chi connectivity index (χ0n) is 17.1. The molecule has 3 aromatic rings. The SMILES string of the molecule is COc1cnc(CNc2cccc(C3(Cc4nncn4C)COC3)c2)c(C(F)(F)F)c1. The van der Waals surface area contributed by atoms with Crippen LogP contribution < -0.4 is 10.1 Å². The average Bonchev–Trinajstić information content (AvgIpc) is 3.13. The molecule has 164 valence electrons. The van der Waals surface area contributed by atoms with E-state index >= 15 is 0 Å². The lowest BCUT2D eigenvalue weighted by molar-refractivity contribution is -0.138. The molecule has 0 saturated carbocycles. The third-order valence-corrected chi connectivity index (χ3v) is 5.48. The highest BCUT2D eigenvalue weighted by atomic mass is 19.4. The van der Waals surface area contributed by atoms with Crippen LogP contribution in [0.1, 0.15) is 22.6 Å². The molecule has 0 bridgehead atoms. The summed E-state index contributed by atoms with van der Waals surface area (Å²) in [6, 6.07) is 8.59. The number of methoxy groups -OCH3 is 1. The van der Waals surface area contributed by atoms with Gasteiger partial charge in [-0.15, -0.1) is 10.2 Å². The molecule has 4 rings (SSSR count). The molecule has 31 heavy (non-hydrogen) atoms. The number of alkyl halides is 3. The lowest BCUT2D eigenvalue weighted by atomic mass is 9.75. The molecule has 0 amide bonds. The van der Waals surface area contributed by atoms with Crippen LogP contribution in [0.4, 0.5) is 18.9 Å². The summed E-state index contributed by atoms with van der Waals surface area (Å²) in [5.41, 5.74) is 0.577. The number of anilines is 1. The maximum absolute atomic E-state index is 13.4. The normalized spacial score (nSPS) is 15.4. The number of rotatable bonds is 7. The molecule has 2 aromatic heterocycles. The molecule has 0 unspecified atom stereocenters. The Hall–Kier alpha value is -3.14. The van der Waals surface area contributed by atoms with Gasteiger partial charge in [0.05, 0.1) is 44.3 Å². The number of benzene rings is 1. The predicted octanol–water partition coefficient (Wildman–Crippen LogP) is 3.36. The summed E-state index contributed by atoms with van der Waals surface area (Å²) in [4.78, 5) is 3.94. The first kappa shape index (κ1) is 21.1. The van der Waals surface area contributed by atoms with Crippen molar-refractivity contribution in [1.29, 1.82) is 0 Å². The lowest BCUT2D eigenvalue weighted by Crippen LogP contribution is -2.49. The van der Waals surface area contributed by atoms with E-state index in [9.17, 15) is 13.2 Å². The highest BCUT2D eigenvalue weighted by molar-refractivity contribution is 5.49. The topological polar surface area (TPSA) is 74.1 Å². The largest absolute Gasteiger partial charge is 0.495 e. The molecule has 1 N–H and O–H groups in total. The third-order valence-electron chi connectivity index (χ3n) is 5.48. The molecule has 0 atom stereocenters. The van der Waals surface area contributed by atoms with Crippen molar-refractivity contribution in [2.75, 3.05) is 25.6 Å². The van der Waals surface area contributed by atoms with E-state index in [1.165, 1.54) is 13.3 Å². The maximum atomic E-state index is 13.4. The van der Waals surface area contributed by atoms with Crippen LogP contribution in [0.3, 0.4) is 0 Å².